The minimum Gasteiger partial charge on any atom is -0.467 e. The first kappa shape index (κ1) is 12.9. The maximum absolute atomic E-state index is 5.37. The largest absolute Gasteiger partial charge is 0.467 e. The highest BCUT2D eigenvalue weighted by Gasteiger charge is 2.10. The second-order valence-electron chi connectivity index (χ2n) is 4.30. The Morgan fingerprint density at radius 3 is 2.89 bits per heavy atom. The standard InChI is InChI=1S/C13H17N5O/c1-9-6-11(7-16-17-13(14)15)10(2)18(9)8-12-4-3-5-19-12/h3-7H,8H2,1-2H3,(H4,14,15,17)/p+1/b16-7+. The molecule has 2 heterocycles. The van der Waals surface area contributed by atoms with Gasteiger partial charge in [-0.2, -0.15) is 0 Å². The van der Waals surface area contributed by atoms with Gasteiger partial charge < -0.3 is 20.5 Å². The van der Waals surface area contributed by atoms with E-state index < -0.39 is 0 Å². The Bertz CT molecular complexity index is 603. The maximum atomic E-state index is 5.37. The highest BCUT2D eigenvalue weighted by molar-refractivity contribution is 5.78. The summed E-state index contributed by atoms with van der Waals surface area (Å²) in [6.45, 7) is 4.80. The lowest BCUT2D eigenvalue weighted by Gasteiger charge is -2.06. The van der Waals surface area contributed by atoms with Gasteiger partial charge in [0.15, 0.2) is 0 Å². The van der Waals surface area contributed by atoms with Gasteiger partial charge in [-0.15, -0.1) is 5.10 Å². The van der Waals surface area contributed by atoms with Crippen LogP contribution in [-0.2, 0) is 6.54 Å². The number of aryl methyl sites for hydroxylation is 1. The van der Waals surface area contributed by atoms with Crippen LogP contribution in [0.2, 0.25) is 0 Å². The van der Waals surface area contributed by atoms with Crippen molar-refractivity contribution in [3.8, 4) is 0 Å². The molecule has 0 unspecified atom stereocenters. The van der Waals surface area contributed by atoms with Gasteiger partial charge in [0.25, 0.3) is 5.96 Å². The summed E-state index contributed by atoms with van der Waals surface area (Å²) in [5.41, 5.74) is 13.8. The molecular weight excluding hydrogens is 242 g/mol. The minimum absolute atomic E-state index is 0.000596. The number of aromatic nitrogens is 1. The van der Waals surface area contributed by atoms with Crippen LogP contribution in [0.25, 0.3) is 0 Å². The Morgan fingerprint density at radius 1 is 1.47 bits per heavy atom. The molecule has 0 aliphatic carbocycles. The summed E-state index contributed by atoms with van der Waals surface area (Å²) in [6, 6.07) is 5.91. The van der Waals surface area contributed by atoms with Crippen LogP contribution < -0.4 is 16.6 Å². The van der Waals surface area contributed by atoms with E-state index in [1.54, 1.807) is 12.5 Å². The number of nitrogens with two attached hydrogens (primary N) is 2. The molecule has 0 aromatic carbocycles. The van der Waals surface area contributed by atoms with Crippen molar-refractivity contribution in [2.75, 3.05) is 0 Å². The van der Waals surface area contributed by atoms with Gasteiger partial charge >= 0.3 is 0 Å². The molecule has 0 aliphatic heterocycles. The van der Waals surface area contributed by atoms with Crippen LogP contribution in [0.3, 0.4) is 0 Å². The van der Waals surface area contributed by atoms with E-state index in [0.29, 0.717) is 6.54 Å². The number of nitrogens with one attached hydrogen (secondary N) is 1. The van der Waals surface area contributed by atoms with Gasteiger partial charge in [0, 0.05) is 16.5 Å². The van der Waals surface area contributed by atoms with Gasteiger partial charge in [0.05, 0.1) is 18.4 Å². The smallest absolute Gasteiger partial charge is 0.256 e. The van der Waals surface area contributed by atoms with E-state index in [2.05, 4.69) is 20.8 Å². The Kier molecular flexibility index (Phi) is 3.70. The second kappa shape index (κ2) is 5.43. The van der Waals surface area contributed by atoms with Gasteiger partial charge in [-0.1, -0.05) is 0 Å². The molecule has 6 nitrogen and oxygen atoms in total. The van der Waals surface area contributed by atoms with E-state index in [4.69, 9.17) is 15.9 Å². The van der Waals surface area contributed by atoms with E-state index in [1.807, 2.05) is 26.0 Å². The molecule has 6 heteroatoms. The van der Waals surface area contributed by atoms with Crippen LogP contribution >= 0.6 is 0 Å². The average Bonchev–Trinajstić information content (AvgIpc) is 2.93. The Balaban J connectivity index is 2.24. The molecule has 2 aromatic heterocycles. The minimum atomic E-state index is 0.000596. The van der Waals surface area contributed by atoms with Gasteiger partial charge in [0.1, 0.15) is 5.76 Å². The fourth-order valence-corrected chi connectivity index (χ4v) is 1.95. The van der Waals surface area contributed by atoms with Gasteiger partial charge in [-0.05, 0) is 32.0 Å². The number of furan rings is 1. The molecule has 0 aliphatic rings. The predicted octanol–water partition coefficient (Wildman–Crippen LogP) is -0.566. The molecule has 2 aromatic rings. The molecule has 5 N–H and O–H groups in total. The zero-order chi connectivity index (χ0) is 13.8. The van der Waals surface area contributed by atoms with Crippen molar-refractivity contribution >= 4 is 12.2 Å². The summed E-state index contributed by atoms with van der Waals surface area (Å²) < 4.78 is 7.54. The highest BCUT2D eigenvalue weighted by Crippen LogP contribution is 2.15. The topological polar surface area (TPSA) is 96.4 Å². The van der Waals surface area contributed by atoms with Crippen molar-refractivity contribution < 1.29 is 9.52 Å². The van der Waals surface area contributed by atoms with E-state index in [0.717, 1.165) is 22.7 Å². The Morgan fingerprint density at radius 2 is 2.26 bits per heavy atom. The zero-order valence-corrected chi connectivity index (χ0v) is 11.1. The molecule has 100 valence electrons. The van der Waals surface area contributed by atoms with Crippen LogP contribution in [0.4, 0.5) is 0 Å². The Hall–Kier alpha value is -2.50. The number of nitrogens with zero attached hydrogens (tertiary/aromatic N) is 2. The van der Waals surface area contributed by atoms with E-state index >= 15 is 0 Å². The SMILES string of the molecule is Cc1cc(/C=[NH+]/N=C(N)N)c(C)n1Cc1ccco1. The van der Waals surface area contributed by atoms with Crippen LogP contribution in [-0.4, -0.2) is 16.7 Å². The quantitative estimate of drug-likeness (QED) is 0.390. The van der Waals surface area contributed by atoms with Crippen molar-refractivity contribution in [1.29, 1.82) is 0 Å². The Labute approximate surface area is 111 Å². The zero-order valence-electron chi connectivity index (χ0n) is 11.1. The number of hydrogen-bond acceptors (Lipinski definition) is 2. The molecule has 0 saturated carbocycles. The summed E-state index contributed by atoms with van der Waals surface area (Å²) in [6.07, 6.45) is 3.44. The highest BCUT2D eigenvalue weighted by atomic mass is 16.3. The summed E-state index contributed by atoms with van der Waals surface area (Å²) in [4.78, 5) is 0. The lowest BCUT2D eigenvalue weighted by atomic mass is 10.3. The van der Waals surface area contributed by atoms with Crippen molar-refractivity contribution in [3.63, 3.8) is 0 Å². The molecule has 0 fully saturated rings. The van der Waals surface area contributed by atoms with E-state index in [1.165, 1.54) is 0 Å². The first-order valence-corrected chi connectivity index (χ1v) is 5.94. The lowest BCUT2D eigenvalue weighted by Crippen LogP contribution is -2.63. The third-order valence-corrected chi connectivity index (χ3v) is 2.92. The molecule has 19 heavy (non-hydrogen) atoms. The van der Waals surface area contributed by atoms with Crippen LogP contribution in [0, 0.1) is 13.8 Å². The summed E-state index contributed by atoms with van der Waals surface area (Å²) in [5, 5.41) is 6.43. The first-order chi connectivity index (χ1) is 9.08. The lowest BCUT2D eigenvalue weighted by molar-refractivity contribution is -0.456. The van der Waals surface area contributed by atoms with Crippen LogP contribution in [0.1, 0.15) is 22.7 Å². The van der Waals surface area contributed by atoms with Crippen molar-refractivity contribution in [1.82, 2.24) is 4.57 Å². The fourth-order valence-electron chi connectivity index (χ4n) is 1.95. The third-order valence-electron chi connectivity index (χ3n) is 2.92. The molecular formula is C13H18N5O+. The monoisotopic (exact) mass is 260 g/mol. The van der Waals surface area contributed by atoms with Crippen LogP contribution in [0.5, 0.6) is 0 Å². The predicted molar refractivity (Wildman–Crippen MR) is 73.7 cm³/mol. The van der Waals surface area contributed by atoms with E-state index in [-0.39, 0.29) is 5.96 Å². The number of hydrogen-bond donors (Lipinski definition) is 3. The molecule has 0 radical (unpaired) electrons. The summed E-state index contributed by atoms with van der Waals surface area (Å²) in [7, 11) is 0. The van der Waals surface area contributed by atoms with Gasteiger partial charge in [-0.3, -0.25) is 0 Å². The fraction of sp³-hybridized carbons (Fsp3) is 0.231. The first-order valence-electron chi connectivity index (χ1n) is 5.94. The number of guanidine groups is 1. The van der Waals surface area contributed by atoms with Crippen molar-refractivity contribution in [2.24, 2.45) is 16.6 Å². The molecule has 0 bridgehead atoms. The number of hydrazone groups is 1. The third kappa shape index (κ3) is 3.04. The van der Waals surface area contributed by atoms with Gasteiger partial charge in [-0.25, -0.2) is 0 Å². The van der Waals surface area contributed by atoms with Crippen LogP contribution in [0.15, 0.2) is 34.0 Å². The number of rotatable bonds is 4. The molecule has 0 saturated heterocycles. The molecule has 0 spiro atoms. The second-order valence-corrected chi connectivity index (χ2v) is 4.30. The van der Waals surface area contributed by atoms with E-state index in [9.17, 15) is 0 Å². The molecule has 2 rings (SSSR count). The van der Waals surface area contributed by atoms with Crippen molar-refractivity contribution in [2.45, 2.75) is 20.4 Å². The van der Waals surface area contributed by atoms with Gasteiger partial charge in [0.2, 0.25) is 6.21 Å². The molecule has 0 atom stereocenters. The van der Waals surface area contributed by atoms with Crippen molar-refractivity contribution in [3.05, 3.63) is 47.2 Å². The maximum Gasteiger partial charge on any atom is 0.256 e. The summed E-state index contributed by atoms with van der Waals surface area (Å²) >= 11 is 0. The summed E-state index contributed by atoms with van der Waals surface area (Å²) in [5.74, 6) is 0.922. The normalized spacial score (nSPS) is 11.1. The molecule has 0 amide bonds. The average molecular weight is 260 g/mol.